The van der Waals surface area contributed by atoms with Crippen molar-refractivity contribution in [1.82, 2.24) is 0 Å². The number of benzene rings is 2. The molecule has 0 heterocycles. The van der Waals surface area contributed by atoms with E-state index in [2.05, 4.69) is 10.6 Å². The molecule has 2 aromatic carbocycles. The number of carbonyl (C=O) groups is 1. The summed E-state index contributed by atoms with van der Waals surface area (Å²) in [4.78, 5) is 22.7. The summed E-state index contributed by atoms with van der Waals surface area (Å²) >= 11 is 0. The predicted octanol–water partition coefficient (Wildman–Crippen LogP) is 3.67. The van der Waals surface area contributed by atoms with E-state index in [4.69, 9.17) is 0 Å². The summed E-state index contributed by atoms with van der Waals surface area (Å²) in [6, 6.07) is 13.2. The molecule has 2 N–H and O–H groups in total. The van der Waals surface area contributed by atoms with E-state index in [1.54, 1.807) is 24.3 Å². The number of nitriles is 1. The van der Waals surface area contributed by atoms with Gasteiger partial charge in [0.15, 0.2) is 0 Å². The summed E-state index contributed by atoms with van der Waals surface area (Å²) in [5, 5.41) is 25.5. The molecule has 0 saturated carbocycles. The lowest BCUT2D eigenvalue weighted by Crippen LogP contribution is -2.15. The average molecular weight is 336 g/mol. The number of nitrogens with zero attached hydrogens (tertiary/aromatic N) is 2. The molecule has 0 aliphatic rings. The minimum absolute atomic E-state index is 0.147. The number of carbonyl (C=O) groups excluding carboxylic acids is 1. The van der Waals surface area contributed by atoms with Gasteiger partial charge in [0, 0.05) is 18.0 Å². The Morgan fingerprint density at radius 3 is 2.52 bits per heavy atom. The van der Waals surface area contributed by atoms with Crippen molar-refractivity contribution >= 4 is 23.0 Å². The Labute approximate surface area is 144 Å². The number of nitro groups is 1. The molecule has 0 aliphatic carbocycles. The van der Waals surface area contributed by atoms with Crippen LogP contribution in [0.25, 0.3) is 0 Å². The first-order valence-corrected chi connectivity index (χ1v) is 7.42. The second-order valence-electron chi connectivity index (χ2n) is 5.29. The lowest BCUT2D eigenvalue weighted by molar-refractivity contribution is -0.383. The van der Waals surface area contributed by atoms with Crippen molar-refractivity contribution in [1.29, 1.82) is 5.26 Å². The molecule has 7 heteroatoms. The Hall–Kier alpha value is -3.66. The van der Waals surface area contributed by atoms with E-state index in [0.717, 1.165) is 17.3 Å². The number of aryl methyl sites for hydroxylation is 1. The van der Waals surface area contributed by atoms with Crippen molar-refractivity contribution in [2.24, 2.45) is 0 Å². The van der Waals surface area contributed by atoms with Gasteiger partial charge in [-0.15, -0.1) is 0 Å². The summed E-state index contributed by atoms with van der Waals surface area (Å²) < 4.78 is 0. The molecule has 2 aromatic rings. The molecule has 0 spiro atoms. The zero-order valence-electron chi connectivity index (χ0n) is 13.7. The van der Waals surface area contributed by atoms with Crippen LogP contribution in [-0.2, 0) is 4.79 Å². The number of hydrogen-bond acceptors (Lipinski definition) is 5. The number of amides is 1. The van der Waals surface area contributed by atoms with Crippen molar-refractivity contribution in [3.8, 4) is 6.07 Å². The first-order valence-electron chi connectivity index (χ1n) is 7.42. The highest BCUT2D eigenvalue weighted by Crippen LogP contribution is 2.23. The van der Waals surface area contributed by atoms with E-state index in [0.29, 0.717) is 5.69 Å². The molecule has 0 atom stereocenters. The summed E-state index contributed by atoms with van der Waals surface area (Å²) in [6.45, 7) is 3.79. The first kappa shape index (κ1) is 17.7. The van der Waals surface area contributed by atoms with Crippen LogP contribution < -0.4 is 10.6 Å². The van der Waals surface area contributed by atoms with Crippen LogP contribution in [0.5, 0.6) is 0 Å². The van der Waals surface area contributed by atoms with E-state index < -0.39 is 10.8 Å². The molecule has 25 heavy (non-hydrogen) atoms. The van der Waals surface area contributed by atoms with Gasteiger partial charge in [-0.2, -0.15) is 5.26 Å². The van der Waals surface area contributed by atoms with Gasteiger partial charge < -0.3 is 10.6 Å². The molecule has 0 aliphatic heterocycles. The molecule has 7 nitrogen and oxygen atoms in total. The molecule has 0 bridgehead atoms. The highest BCUT2D eigenvalue weighted by molar-refractivity contribution is 6.07. The Morgan fingerprint density at radius 2 is 1.84 bits per heavy atom. The number of anilines is 2. The smallest absolute Gasteiger partial charge is 0.292 e. The van der Waals surface area contributed by atoms with E-state index in [1.165, 1.54) is 18.2 Å². The fraction of sp³-hybridized carbons (Fsp3) is 0.111. The van der Waals surface area contributed by atoms with Gasteiger partial charge in [0.2, 0.25) is 0 Å². The third-order valence-electron chi connectivity index (χ3n) is 3.69. The minimum atomic E-state index is -0.595. The topological polar surface area (TPSA) is 108 Å². The maximum absolute atomic E-state index is 12.3. The van der Waals surface area contributed by atoms with Crippen LogP contribution >= 0.6 is 0 Å². The Balaban J connectivity index is 2.21. The third-order valence-corrected chi connectivity index (χ3v) is 3.69. The molecule has 0 unspecified atom stereocenters. The van der Waals surface area contributed by atoms with Crippen LogP contribution in [0.1, 0.15) is 11.1 Å². The zero-order chi connectivity index (χ0) is 18.4. The van der Waals surface area contributed by atoms with Gasteiger partial charge in [0.25, 0.3) is 11.6 Å². The maximum Gasteiger partial charge on any atom is 0.292 e. The predicted molar refractivity (Wildman–Crippen MR) is 95.0 cm³/mol. The van der Waals surface area contributed by atoms with E-state index in [9.17, 15) is 20.2 Å². The maximum atomic E-state index is 12.3. The number of hydrogen-bond donors (Lipinski definition) is 2. The molecule has 2 rings (SSSR count). The quantitative estimate of drug-likeness (QED) is 0.375. The normalized spacial score (nSPS) is 10.7. The Morgan fingerprint density at radius 1 is 1.16 bits per heavy atom. The van der Waals surface area contributed by atoms with Crippen LogP contribution in [0.3, 0.4) is 0 Å². The fourth-order valence-corrected chi connectivity index (χ4v) is 2.13. The largest absolute Gasteiger partial charge is 0.355 e. The summed E-state index contributed by atoms with van der Waals surface area (Å²) in [6.07, 6.45) is 1.16. The monoisotopic (exact) mass is 336 g/mol. The van der Waals surface area contributed by atoms with Crippen molar-refractivity contribution in [2.45, 2.75) is 13.8 Å². The number of nitro benzene ring substituents is 1. The molecule has 1 amide bonds. The fourth-order valence-electron chi connectivity index (χ4n) is 2.13. The van der Waals surface area contributed by atoms with Crippen LogP contribution in [0.15, 0.2) is 54.2 Å². The number of rotatable bonds is 5. The molecule has 0 radical (unpaired) electrons. The molecule has 0 saturated heterocycles. The zero-order valence-corrected chi connectivity index (χ0v) is 13.7. The van der Waals surface area contributed by atoms with Crippen molar-refractivity contribution < 1.29 is 9.72 Å². The minimum Gasteiger partial charge on any atom is -0.355 e. The summed E-state index contributed by atoms with van der Waals surface area (Å²) in [7, 11) is 0. The van der Waals surface area contributed by atoms with E-state index >= 15 is 0 Å². The van der Waals surface area contributed by atoms with E-state index in [1.807, 2.05) is 19.9 Å². The molecule has 0 fully saturated rings. The third kappa shape index (κ3) is 4.20. The van der Waals surface area contributed by atoms with Crippen LogP contribution in [0.4, 0.5) is 17.1 Å². The lowest BCUT2D eigenvalue weighted by Gasteiger charge is -2.10. The molecule has 126 valence electrons. The first-order chi connectivity index (χ1) is 11.9. The molecular weight excluding hydrogens is 320 g/mol. The van der Waals surface area contributed by atoms with Crippen LogP contribution in [0.2, 0.25) is 0 Å². The van der Waals surface area contributed by atoms with Gasteiger partial charge in [-0.1, -0.05) is 24.3 Å². The molecular formula is C18H16N4O3. The average Bonchev–Trinajstić information content (AvgIpc) is 2.59. The van der Waals surface area contributed by atoms with Gasteiger partial charge in [-0.05, 0) is 37.1 Å². The summed E-state index contributed by atoms with van der Waals surface area (Å²) in [5.41, 5.74) is 2.37. The van der Waals surface area contributed by atoms with E-state index in [-0.39, 0.29) is 16.9 Å². The van der Waals surface area contributed by atoms with Crippen molar-refractivity contribution in [2.75, 3.05) is 10.6 Å². The van der Waals surface area contributed by atoms with Gasteiger partial charge >= 0.3 is 0 Å². The summed E-state index contributed by atoms with van der Waals surface area (Å²) in [5.74, 6) is -0.595. The van der Waals surface area contributed by atoms with Crippen LogP contribution in [-0.4, -0.2) is 10.8 Å². The Bertz CT molecular complexity index is 897. The molecule has 0 aromatic heterocycles. The van der Waals surface area contributed by atoms with Crippen molar-refractivity contribution in [3.05, 3.63) is 75.5 Å². The van der Waals surface area contributed by atoms with Gasteiger partial charge in [0.1, 0.15) is 17.3 Å². The Kier molecular flexibility index (Phi) is 5.48. The second-order valence-corrected chi connectivity index (χ2v) is 5.29. The van der Waals surface area contributed by atoms with Gasteiger partial charge in [0.05, 0.1) is 4.92 Å². The standard InChI is InChI=1S/C18H16N4O3/c1-12-6-5-8-15(13(12)2)21-18(23)14(10-19)11-20-16-7-3-4-9-17(16)22(24)25/h3-9,11,20H,1-2H3,(H,21,23)/b14-11-. The number of para-hydroxylation sites is 2. The van der Waals surface area contributed by atoms with Crippen molar-refractivity contribution in [3.63, 3.8) is 0 Å². The highest BCUT2D eigenvalue weighted by Gasteiger charge is 2.14. The van der Waals surface area contributed by atoms with Gasteiger partial charge in [-0.25, -0.2) is 0 Å². The second kappa shape index (κ2) is 7.75. The van der Waals surface area contributed by atoms with Gasteiger partial charge in [-0.3, -0.25) is 14.9 Å². The highest BCUT2D eigenvalue weighted by atomic mass is 16.6. The lowest BCUT2D eigenvalue weighted by atomic mass is 10.1. The SMILES string of the molecule is Cc1cccc(NC(=O)/C(C#N)=C\Nc2ccccc2[N+](=O)[O-])c1C. The van der Waals surface area contributed by atoms with Crippen LogP contribution in [0, 0.1) is 35.3 Å². The number of nitrogens with one attached hydrogen (secondary N) is 2.